The van der Waals surface area contributed by atoms with Gasteiger partial charge in [-0.3, -0.25) is 24.1 Å². The summed E-state index contributed by atoms with van der Waals surface area (Å²) in [7, 11) is 6.17. The Balaban J connectivity index is 2.10. The van der Waals surface area contributed by atoms with Crippen molar-refractivity contribution in [2.75, 3.05) is 41.6 Å². The maximum atomic E-state index is 14.2. The fraction of sp³-hybridized carbons (Fsp3) is 0.652. The fourth-order valence-corrected chi connectivity index (χ4v) is 7.01. The van der Waals surface area contributed by atoms with Crippen molar-refractivity contribution >= 4 is 23.9 Å². The van der Waals surface area contributed by atoms with Gasteiger partial charge in [0.05, 0.1) is 41.9 Å². The van der Waals surface area contributed by atoms with Crippen molar-refractivity contribution in [2.45, 2.75) is 132 Å². The van der Waals surface area contributed by atoms with Crippen LogP contribution in [0.4, 0.5) is 0 Å². The van der Waals surface area contributed by atoms with E-state index in [0.717, 1.165) is 11.1 Å². The SMILES string of the molecule is COc1cc2c(cc1OC)[C@@H](C(OC)(OC)c1ccccc1)N([C@@H]1O[C@H](COC(=O)C(C)(C)C)[C@H](OC(=O)C(C)(C)C)[C@H](OC(=O)C(C)(C)C)[C@H]1OC(=O)C(C)(C)C)CC2. The lowest BCUT2D eigenvalue weighted by Crippen LogP contribution is -2.69. The predicted molar refractivity (Wildman–Crippen MR) is 222 cm³/mol. The lowest BCUT2D eigenvalue weighted by Gasteiger charge is -2.54. The number of carbonyl (C=O) groups is 4. The molecule has 2 aromatic rings. The summed E-state index contributed by atoms with van der Waals surface area (Å²) in [6, 6.07) is 12.2. The number of hydrogen-bond acceptors (Lipinski definition) is 14. The van der Waals surface area contributed by atoms with Crippen LogP contribution in [-0.4, -0.2) is 101 Å². The molecular formula is C46H67NO13. The molecule has 0 aromatic heterocycles. The van der Waals surface area contributed by atoms with Crippen LogP contribution in [0.15, 0.2) is 42.5 Å². The molecule has 0 saturated carbocycles. The van der Waals surface area contributed by atoms with Gasteiger partial charge in [-0.15, -0.1) is 0 Å². The van der Waals surface area contributed by atoms with Gasteiger partial charge in [-0.1, -0.05) is 30.3 Å². The first-order valence-corrected chi connectivity index (χ1v) is 20.4. The van der Waals surface area contributed by atoms with Gasteiger partial charge in [-0.25, -0.2) is 0 Å². The number of methoxy groups -OCH3 is 4. The zero-order valence-corrected chi connectivity index (χ0v) is 38.4. The Hall–Kier alpha value is -4.24. The summed E-state index contributed by atoms with van der Waals surface area (Å²) in [4.78, 5) is 57.4. The van der Waals surface area contributed by atoms with Gasteiger partial charge in [-0.2, -0.15) is 0 Å². The Morgan fingerprint density at radius 2 is 1.10 bits per heavy atom. The van der Waals surface area contributed by atoms with Gasteiger partial charge in [0, 0.05) is 26.3 Å². The standard InChI is InChI=1S/C46H67NO13/c1-42(2,3)38(48)56-26-32-33(58-39(49)43(4,5)6)34(59-40(50)44(7,8)9)35(60-41(51)45(10,11)12)37(57-32)47-23-22-27-24-30(52-13)31(53-14)25-29(27)36(47)46(54-15,55-16)28-20-18-17-19-21-28/h17-21,24-25,32-37H,22-23,26H2,1-16H3/t32-,33+,34+,35-,36+,37-/m1/s1. The molecule has 2 aliphatic rings. The molecule has 2 aromatic carbocycles. The number of fused-ring (bicyclic) bond motifs is 1. The first-order chi connectivity index (χ1) is 27.7. The molecule has 0 bridgehead atoms. The minimum Gasteiger partial charge on any atom is -0.493 e. The average molecular weight is 842 g/mol. The lowest BCUT2D eigenvalue weighted by atomic mass is 9.82. The van der Waals surface area contributed by atoms with Crippen molar-refractivity contribution in [3.8, 4) is 11.5 Å². The number of rotatable bonds is 12. The monoisotopic (exact) mass is 841 g/mol. The molecule has 1 fully saturated rings. The zero-order valence-electron chi connectivity index (χ0n) is 38.4. The molecule has 0 spiro atoms. The Bertz CT molecular complexity index is 1830. The van der Waals surface area contributed by atoms with Crippen molar-refractivity contribution in [2.24, 2.45) is 21.7 Å². The molecule has 6 atom stereocenters. The van der Waals surface area contributed by atoms with Crippen LogP contribution in [0, 0.1) is 21.7 Å². The first kappa shape index (κ1) is 48.4. The first-order valence-electron chi connectivity index (χ1n) is 20.4. The van der Waals surface area contributed by atoms with Crippen LogP contribution >= 0.6 is 0 Å². The highest BCUT2D eigenvalue weighted by Crippen LogP contribution is 2.51. The second kappa shape index (κ2) is 18.4. The van der Waals surface area contributed by atoms with E-state index in [1.54, 1.807) is 97.3 Å². The Morgan fingerprint density at radius 1 is 0.633 bits per heavy atom. The minimum absolute atomic E-state index is 0.254. The highest BCUT2D eigenvalue weighted by molar-refractivity contribution is 5.78. The quantitative estimate of drug-likeness (QED) is 0.123. The third-order valence-electron chi connectivity index (χ3n) is 10.5. The van der Waals surface area contributed by atoms with Crippen LogP contribution in [0.2, 0.25) is 0 Å². The van der Waals surface area contributed by atoms with Gasteiger partial charge in [0.15, 0.2) is 36.0 Å². The van der Waals surface area contributed by atoms with E-state index in [4.69, 9.17) is 42.6 Å². The molecule has 0 amide bonds. The smallest absolute Gasteiger partial charge is 0.311 e. The number of benzene rings is 2. The number of esters is 4. The molecule has 334 valence electrons. The summed E-state index contributed by atoms with van der Waals surface area (Å²) >= 11 is 0. The molecule has 14 heteroatoms. The highest BCUT2D eigenvalue weighted by Gasteiger charge is 2.60. The summed E-state index contributed by atoms with van der Waals surface area (Å²) in [6.07, 6.45) is -6.37. The largest absolute Gasteiger partial charge is 0.493 e. The van der Waals surface area contributed by atoms with Gasteiger partial charge in [0.2, 0.25) is 5.79 Å². The molecule has 2 aliphatic heterocycles. The van der Waals surface area contributed by atoms with Gasteiger partial charge in [0.1, 0.15) is 12.7 Å². The highest BCUT2D eigenvalue weighted by atomic mass is 16.7. The van der Waals surface area contributed by atoms with Crippen LogP contribution < -0.4 is 9.47 Å². The third-order valence-corrected chi connectivity index (χ3v) is 10.5. The van der Waals surface area contributed by atoms with E-state index in [1.165, 1.54) is 14.2 Å². The van der Waals surface area contributed by atoms with Crippen molar-refractivity contribution in [3.63, 3.8) is 0 Å². The number of ether oxygens (including phenoxy) is 9. The van der Waals surface area contributed by atoms with Crippen LogP contribution in [0.1, 0.15) is 106 Å². The van der Waals surface area contributed by atoms with Crippen LogP contribution in [0.25, 0.3) is 0 Å². The van der Waals surface area contributed by atoms with Gasteiger partial charge in [-0.05, 0) is 113 Å². The summed E-state index contributed by atoms with van der Waals surface area (Å²) < 4.78 is 56.5. The second-order valence-corrected chi connectivity index (χ2v) is 19.5. The van der Waals surface area contributed by atoms with E-state index < -0.39 is 94.6 Å². The molecule has 60 heavy (non-hydrogen) atoms. The Kier molecular flexibility index (Phi) is 14.8. The molecular weight excluding hydrogens is 774 g/mol. The number of carbonyl (C=O) groups excluding carboxylic acids is 4. The maximum absolute atomic E-state index is 14.2. The summed E-state index contributed by atoms with van der Waals surface area (Å²) in [5, 5.41) is 0. The van der Waals surface area contributed by atoms with E-state index in [9.17, 15) is 19.2 Å². The van der Waals surface area contributed by atoms with Crippen molar-refractivity contribution in [3.05, 3.63) is 59.2 Å². The Morgan fingerprint density at radius 3 is 1.57 bits per heavy atom. The number of hydrogen-bond donors (Lipinski definition) is 0. The van der Waals surface area contributed by atoms with E-state index in [1.807, 2.05) is 47.4 Å². The van der Waals surface area contributed by atoms with E-state index >= 15 is 0 Å². The predicted octanol–water partition coefficient (Wildman–Crippen LogP) is 6.94. The van der Waals surface area contributed by atoms with E-state index in [0.29, 0.717) is 23.5 Å². The minimum atomic E-state index is -1.56. The normalized spacial score (nSPS) is 22.9. The van der Waals surface area contributed by atoms with Crippen LogP contribution in [0.5, 0.6) is 11.5 Å². The van der Waals surface area contributed by atoms with Crippen molar-refractivity contribution in [1.82, 2.24) is 4.90 Å². The topological polar surface area (TPSA) is 155 Å². The summed E-state index contributed by atoms with van der Waals surface area (Å²) in [5.74, 6) is -3.07. The van der Waals surface area contributed by atoms with Crippen molar-refractivity contribution in [1.29, 1.82) is 0 Å². The molecule has 4 rings (SSSR count). The fourth-order valence-electron chi connectivity index (χ4n) is 7.01. The average Bonchev–Trinajstić information content (AvgIpc) is 3.17. The van der Waals surface area contributed by atoms with E-state index in [2.05, 4.69) is 0 Å². The number of nitrogens with zero attached hydrogens (tertiary/aromatic N) is 1. The third kappa shape index (κ3) is 10.4. The second-order valence-electron chi connectivity index (χ2n) is 19.5. The maximum Gasteiger partial charge on any atom is 0.311 e. The molecule has 0 unspecified atom stereocenters. The summed E-state index contributed by atoms with van der Waals surface area (Å²) in [5.41, 5.74) is -1.74. The summed E-state index contributed by atoms with van der Waals surface area (Å²) in [6.45, 7) is 20.2. The Labute approximate surface area is 355 Å². The van der Waals surface area contributed by atoms with Crippen LogP contribution in [-0.2, 0) is 64.5 Å². The van der Waals surface area contributed by atoms with Gasteiger partial charge < -0.3 is 42.6 Å². The molecule has 2 heterocycles. The van der Waals surface area contributed by atoms with Gasteiger partial charge in [0.25, 0.3) is 0 Å². The van der Waals surface area contributed by atoms with Crippen molar-refractivity contribution < 1.29 is 61.8 Å². The molecule has 0 N–H and O–H groups in total. The van der Waals surface area contributed by atoms with Gasteiger partial charge >= 0.3 is 23.9 Å². The molecule has 14 nitrogen and oxygen atoms in total. The van der Waals surface area contributed by atoms with E-state index in [-0.39, 0.29) is 6.54 Å². The molecule has 0 aliphatic carbocycles. The zero-order chi connectivity index (χ0) is 45.2. The van der Waals surface area contributed by atoms with Crippen LogP contribution in [0.3, 0.4) is 0 Å². The lowest BCUT2D eigenvalue weighted by molar-refractivity contribution is -0.317. The molecule has 0 radical (unpaired) electrons. The molecule has 1 saturated heterocycles.